The molecule has 1 aliphatic rings. The first-order chi connectivity index (χ1) is 10.6. The third kappa shape index (κ3) is 3.16. The van der Waals surface area contributed by atoms with Crippen molar-refractivity contribution in [3.63, 3.8) is 0 Å². The van der Waals surface area contributed by atoms with Gasteiger partial charge in [0.05, 0.1) is 5.69 Å². The van der Waals surface area contributed by atoms with Gasteiger partial charge in [-0.05, 0) is 35.7 Å². The minimum atomic E-state index is -0.807. The summed E-state index contributed by atoms with van der Waals surface area (Å²) < 4.78 is 26.2. The van der Waals surface area contributed by atoms with Gasteiger partial charge in [0, 0.05) is 24.8 Å². The maximum atomic E-state index is 13.4. The first-order valence-corrected chi connectivity index (χ1v) is 6.97. The van der Waals surface area contributed by atoms with Gasteiger partial charge >= 0.3 is 6.03 Å². The lowest BCUT2D eigenvalue weighted by Crippen LogP contribution is -2.28. The summed E-state index contributed by atoms with van der Waals surface area (Å²) in [6.45, 7) is 1.26. The van der Waals surface area contributed by atoms with Gasteiger partial charge in [0.25, 0.3) is 0 Å². The van der Waals surface area contributed by atoms with Crippen LogP contribution in [0.2, 0.25) is 0 Å². The second kappa shape index (κ2) is 6.01. The normalized spacial score (nSPS) is 12.5. The molecule has 0 spiro atoms. The number of urea groups is 1. The Morgan fingerprint density at radius 1 is 1.18 bits per heavy atom. The van der Waals surface area contributed by atoms with Crippen molar-refractivity contribution in [2.45, 2.75) is 13.0 Å². The van der Waals surface area contributed by atoms with Crippen molar-refractivity contribution >= 4 is 17.4 Å². The van der Waals surface area contributed by atoms with Crippen molar-refractivity contribution in [3.05, 3.63) is 59.2 Å². The Hall–Kier alpha value is -2.63. The molecule has 22 heavy (non-hydrogen) atoms. The molecule has 0 bridgehead atoms. The standard InChI is InChI=1S/C16H15F2N3O/c17-12-2-4-15(13(18)8-12)21-16(22)20-9-10-1-3-14-11(7-10)5-6-19-14/h1-4,7-8,19H,5-6,9H2,(H2,20,21,22). The van der Waals surface area contributed by atoms with Gasteiger partial charge in [0.15, 0.2) is 0 Å². The van der Waals surface area contributed by atoms with Gasteiger partial charge in [-0.3, -0.25) is 0 Å². The molecule has 6 heteroatoms. The third-order valence-corrected chi connectivity index (χ3v) is 3.51. The maximum Gasteiger partial charge on any atom is 0.319 e. The summed E-state index contributed by atoms with van der Waals surface area (Å²) in [4.78, 5) is 11.8. The van der Waals surface area contributed by atoms with Crippen LogP contribution in [0.15, 0.2) is 36.4 Å². The predicted molar refractivity (Wildman–Crippen MR) is 80.9 cm³/mol. The summed E-state index contributed by atoms with van der Waals surface area (Å²) in [5.74, 6) is -1.49. The summed E-state index contributed by atoms with van der Waals surface area (Å²) in [5.41, 5.74) is 3.26. The van der Waals surface area contributed by atoms with Crippen LogP contribution in [0, 0.1) is 11.6 Å². The third-order valence-electron chi connectivity index (χ3n) is 3.51. The zero-order valence-corrected chi connectivity index (χ0v) is 11.7. The molecule has 3 rings (SSSR count). The van der Waals surface area contributed by atoms with Crippen molar-refractivity contribution < 1.29 is 13.6 Å². The second-order valence-corrected chi connectivity index (χ2v) is 5.10. The van der Waals surface area contributed by atoms with Crippen molar-refractivity contribution in [1.82, 2.24) is 5.32 Å². The predicted octanol–water partition coefficient (Wildman–Crippen LogP) is 3.25. The average molecular weight is 303 g/mol. The van der Waals surface area contributed by atoms with Crippen molar-refractivity contribution in [1.29, 1.82) is 0 Å². The van der Waals surface area contributed by atoms with Gasteiger partial charge in [0.2, 0.25) is 0 Å². The molecule has 114 valence electrons. The van der Waals surface area contributed by atoms with Crippen LogP contribution >= 0.6 is 0 Å². The summed E-state index contributed by atoms with van der Waals surface area (Å²) in [6, 6.07) is 8.41. The lowest BCUT2D eigenvalue weighted by atomic mass is 10.1. The van der Waals surface area contributed by atoms with Crippen LogP contribution in [-0.2, 0) is 13.0 Å². The van der Waals surface area contributed by atoms with Gasteiger partial charge in [-0.1, -0.05) is 12.1 Å². The number of fused-ring (bicyclic) bond motifs is 1. The van der Waals surface area contributed by atoms with E-state index >= 15 is 0 Å². The monoisotopic (exact) mass is 303 g/mol. The van der Waals surface area contributed by atoms with Gasteiger partial charge in [-0.25, -0.2) is 13.6 Å². The van der Waals surface area contributed by atoms with E-state index in [1.54, 1.807) is 0 Å². The van der Waals surface area contributed by atoms with E-state index in [-0.39, 0.29) is 5.69 Å². The molecule has 0 atom stereocenters. The SMILES string of the molecule is O=C(NCc1ccc2c(c1)CCN2)Nc1ccc(F)cc1F. The average Bonchev–Trinajstić information content (AvgIpc) is 2.95. The minimum absolute atomic E-state index is 0.0583. The smallest absolute Gasteiger partial charge is 0.319 e. The molecule has 0 radical (unpaired) electrons. The van der Waals surface area contributed by atoms with Crippen LogP contribution in [0.25, 0.3) is 0 Å². The van der Waals surface area contributed by atoms with E-state index in [0.717, 1.165) is 36.3 Å². The molecule has 2 amide bonds. The number of nitrogens with one attached hydrogen (secondary N) is 3. The Morgan fingerprint density at radius 2 is 2.05 bits per heavy atom. The Bertz CT molecular complexity index is 719. The molecular weight excluding hydrogens is 288 g/mol. The molecule has 0 aliphatic carbocycles. The molecule has 2 aromatic carbocycles. The zero-order valence-electron chi connectivity index (χ0n) is 11.7. The molecule has 0 saturated carbocycles. The van der Waals surface area contributed by atoms with E-state index in [0.29, 0.717) is 6.54 Å². The molecule has 1 aliphatic heterocycles. The summed E-state index contributed by atoms with van der Waals surface area (Å²) in [6.07, 6.45) is 0.968. The first-order valence-electron chi connectivity index (χ1n) is 6.97. The van der Waals surface area contributed by atoms with Gasteiger partial charge < -0.3 is 16.0 Å². The molecule has 0 aromatic heterocycles. The highest BCUT2D eigenvalue weighted by molar-refractivity contribution is 5.89. The van der Waals surface area contributed by atoms with E-state index in [9.17, 15) is 13.6 Å². The number of halogens is 2. The Kier molecular flexibility index (Phi) is 3.91. The lowest BCUT2D eigenvalue weighted by molar-refractivity contribution is 0.251. The summed E-state index contributed by atoms with van der Waals surface area (Å²) >= 11 is 0. The zero-order chi connectivity index (χ0) is 15.5. The second-order valence-electron chi connectivity index (χ2n) is 5.10. The van der Waals surface area contributed by atoms with E-state index in [4.69, 9.17) is 0 Å². The largest absolute Gasteiger partial charge is 0.384 e. The van der Waals surface area contributed by atoms with E-state index in [1.807, 2.05) is 18.2 Å². The first kappa shape index (κ1) is 14.3. The fourth-order valence-electron chi connectivity index (χ4n) is 2.41. The summed E-state index contributed by atoms with van der Waals surface area (Å²) in [7, 11) is 0. The minimum Gasteiger partial charge on any atom is -0.384 e. The van der Waals surface area contributed by atoms with Crippen LogP contribution in [0.4, 0.5) is 25.0 Å². The van der Waals surface area contributed by atoms with Gasteiger partial charge in [-0.2, -0.15) is 0 Å². The van der Waals surface area contributed by atoms with E-state index in [1.165, 1.54) is 11.6 Å². The van der Waals surface area contributed by atoms with Crippen LogP contribution in [0.1, 0.15) is 11.1 Å². The van der Waals surface area contributed by atoms with Gasteiger partial charge in [0.1, 0.15) is 11.6 Å². The molecule has 4 nitrogen and oxygen atoms in total. The van der Waals surface area contributed by atoms with Crippen molar-refractivity contribution in [2.75, 3.05) is 17.2 Å². The highest BCUT2D eigenvalue weighted by Crippen LogP contribution is 2.23. The van der Waals surface area contributed by atoms with Crippen molar-refractivity contribution in [3.8, 4) is 0 Å². The number of hydrogen-bond donors (Lipinski definition) is 3. The van der Waals surface area contributed by atoms with Crippen LogP contribution < -0.4 is 16.0 Å². The highest BCUT2D eigenvalue weighted by atomic mass is 19.1. The topological polar surface area (TPSA) is 53.2 Å². The highest BCUT2D eigenvalue weighted by Gasteiger charge is 2.11. The number of amides is 2. The molecule has 1 heterocycles. The fraction of sp³-hybridized carbons (Fsp3) is 0.188. The molecule has 3 N–H and O–H groups in total. The van der Waals surface area contributed by atoms with Crippen molar-refractivity contribution in [2.24, 2.45) is 0 Å². The molecule has 0 saturated heterocycles. The number of carbonyl (C=O) groups excluding carboxylic acids is 1. The van der Waals surface area contributed by atoms with E-state index in [2.05, 4.69) is 16.0 Å². The number of anilines is 2. The number of hydrogen-bond acceptors (Lipinski definition) is 2. The fourth-order valence-corrected chi connectivity index (χ4v) is 2.41. The molecule has 0 unspecified atom stereocenters. The molecular formula is C16H15F2N3O. The lowest BCUT2D eigenvalue weighted by Gasteiger charge is -2.09. The van der Waals surface area contributed by atoms with Gasteiger partial charge in [-0.15, -0.1) is 0 Å². The quantitative estimate of drug-likeness (QED) is 0.815. The number of carbonyl (C=O) groups is 1. The van der Waals surface area contributed by atoms with Crippen LogP contribution in [0.5, 0.6) is 0 Å². The number of benzene rings is 2. The molecule has 2 aromatic rings. The Balaban J connectivity index is 1.58. The number of rotatable bonds is 3. The summed E-state index contributed by atoms with van der Waals surface area (Å²) in [5, 5.41) is 8.27. The van der Waals surface area contributed by atoms with Crippen LogP contribution in [0.3, 0.4) is 0 Å². The molecule has 0 fully saturated rings. The van der Waals surface area contributed by atoms with E-state index < -0.39 is 17.7 Å². The van der Waals surface area contributed by atoms with Crippen LogP contribution in [-0.4, -0.2) is 12.6 Å². The Morgan fingerprint density at radius 3 is 2.86 bits per heavy atom. The Labute approximate surface area is 126 Å². The maximum absolute atomic E-state index is 13.4.